The van der Waals surface area contributed by atoms with E-state index in [0.717, 1.165) is 11.1 Å². The first-order valence-electron chi connectivity index (χ1n) is 9.16. The van der Waals surface area contributed by atoms with Gasteiger partial charge < -0.3 is 0 Å². The number of hydrogen-bond acceptors (Lipinski definition) is 4. The van der Waals surface area contributed by atoms with Crippen molar-refractivity contribution in [2.24, 2.45) is 4.99 Å². The Morgan fingerprint density at radius 1 is 0.633 bits per heavy atom. The van der Waals surface area contributed by atoms with Crippen LogP contribution in [0, 0.1) is 23.1 Å². The summed E-state index contributed by atoms with van der Waals surface area (Å²) in [6.45, 7) is 0. The van der Waals surface area contributed by atoms with Crippen molar-refractivity contribution in [3.05, 3.63) is 95.7 Å². The van der Waals surface area contributed by atoms with Crippen molar-refractivity contribution >= 4 is 5.71 Å². The van der Waals surface area contributed by atoms with Gasteiger partial charge in [-0.3, -0.25) is 0 Å². The fraction of sp³-hybridized carbons (Fsp3) is 0. The molecule has 0 unspecified atom stereocenters. The molecule has 1 aromatic heterocycles. The Morgan fingerprint density at radius 2 is 1.13 bits per heavy atom. The summed E-state index contributed by atoms with van der Waals surface area (Å²) < 4.78 is 27.0. The van der Waals surface area contributed by atoms with E-state index >= 15 is 0 Å². The molecule has 0 radical (unpaired) electrons. The first kappa shape index (κ1) is 17.8. The van der Waals surface area contributed by atoms with E-state index in [0.29, 0.717) is 39.6 Å². The molecule has 1 aliphatic carbocycles. The first-order chi connectivity index (χ1) is 14.7. The minimum atomic E-state index is -0.365. The lowest BCUT2D eigenvalue weighted by Gasteiger charge is -2.12. The second-order valence-corrected chi connectivity index (χ2v) is 6.74. The van der Waals surface area contributed by atoms with E-state index in [-0.39, 0.29) is 11.6 Å². The van der Waals surface area contributed by atoms with E-state index < -0.39 is 0 Å². The zero-order chi connectivity index (χ0) is 20.7. The molecule has 5 rings (SSSR count). The normalized spacial score (nSPS) is 13.0. The Hall–Kier alpha value is -4.24. The van der Waals surface area contributed by atoms with E-state index in [2.05, 4.69) is 4.99 Å². The van der Waals surface area contributed by atoms with Crippen LogP contribution in [0.25, 0.3) is 33.8 Å². The SMILES string of the molecule is N#C/N=C1\c2ccccc2-c2nc(-c3ccc(F)cc3)c(-c3ccc(F)cc3)nc21. The van der Waals surface area contributed by atoms with Crippen molar-refractivity contribution in [1.29, 1.82) is 5.26 Å². The van der Waals surface area contributed by atoms with E-state index in [1.54, 1.807) is 24.3 Å². The Labute approximate surface area is 170 Å². The average molecular weight is 394 g/mol. The van der Waals surface area contributed by atoms with Crippen molar-refractivity contribution < 1.29 is 8.78 Å². The van der Waals surface area contributed by atoms with E-state index in [4.69, 9.17) is 9.97 Å². The van der Waals surface area contributed by atoms with Crippen LogP contribution in [0.2, 0.25) is 0 Å². The van der Waals surface area contributed by atoms with Crippen LogP contribution in [0.4, 0.5) is 8.78 Å². The number of aliphatic imine (C=N–C) groups is 1. The van der Waals surface area contributed by atoms with E-state index in [9.17, 15) is 14.0 Å². The summed E-state index contributed by atoms with van der Waals surface area (Å²) in [5.74, 6) is -0.722. The maximum absolute atomic E-state index is 13.5. The number of aromatic nitrogens is 2. The Bertz CT molecular complexity index is 1350. The number of nitriles is 1. The van der Waals surface area contributed by atoms with Crippen LogP contribution in [0.3, 0.4) is 0 Å². The quantitative estimate of drug-likeness (QED) is 0.377. The third-order valence-corrected chi connectivity index (χ3v) is 4.95. The van der Waals surface area contributed by atoms with E-state index in [1.165, 1.54) is 24.3 Å². The molecule has 0 bridgehead atoms. The molecule has 0 N–H and O–H groups in total. The number of fused-ring (bicyclic) bond motifs is 3. The number of benzene rings is 3. The average Bonchev–Trinajstić information content (AvgIpc) is 3.07. The highest BCUT2D eigenvalue weighted by Crippen LogP contribution is 2.39. The highest BCUT2D eigenvalue weighted by atomic mass is 19.1. The molecule has 3 aromatic carbocycles. The zero-order valence-corrected chi connectivity index (χ0v) is 15.5. The van der Waals surface area contributed by atoms with Gasteiger partial charge in [0.05, 0.1) is 17.1 Å². The number of rotatable bonds is 2. The summed E-state index contributed by atoms with van der Waals surface area (Å²) in [6, 6.07) is 19.4. The largest absolute Gasteiger partial charge is 0.243 e. The maximum Gasteiger partial charge on any atom is 0.206 e. The third kappa shape index (κ3) is 2.85. The molecule has 0 amide bonds. The highest BCUT2D eigenvalue weighted by molar-refractivity contribution is 6.23. The Kier molecular flexibility index (Phi) is 4.15. The minimum Gasteiger partial charge on any atom is -0.243 e. The minimum absolute atomic E-state index is 0.356. The molecular formula is C24H12F2N4. The number of halogens is 2. The van der Waals surface area contributed by atoms with Gasteiger partial charge in [0, 0.05) is 22.3 Å². The van der Waals surface area contributed by atoms with Crippen LogP contribution < -0.4 is 0 Å². The molecular weight excluding hydrogens is 382 g/mol. The van der Waals surface area contributed by atoms with Crippen LogP contribution in [0.1, 0.15) is 11.3 Å². The number of hydrogen-bond donors (Lipinski definition) is 0. The molecule has 0 fully saturated rings. The Morgan fingerprint density at radius 3 is 1.67 bits per heavy atom. The summed E-state index contributed by atoms with van der Waals surface area (Å²) in [5.41, 5.74) is 5.50. The topological polar surface area (TPSA) is 61.9 Å². The van der Waals surface area contributed by atoms with Gasteiger partial charge >= 0.3 is 0 Å². The predicted molar refractivity (Wildman–Crippen MR) is 110 cm³/mol. The molecule has 0 spiro atoms. The molecule has 4 aromatic rings. The van der Waals surface area contributed by atoms with Crippen molar-refractivity contribution in [3.63, 3.8) is 0 Å². The van der Waals surface area contributed by atoms with Gasteiger partial charge in [-0.2, -0.15) is 10.3 Å². The second kappa shape index (κ2) is 6.98. The molecule has 6 heteroatoms. The smallest absolute Gasteiger partial charge is 0.206 e. The highest BCUT2D eigenvalue weighted by Gasteiger charge is 2.30. The lowest BCUT2D eigenvalue weighted by Crippen LogP contribution is -2.04. The second-order valence-electron chi connectivity index (χ2n) is 6.74. The maximum atomic E-state index is 13.5. The number of nitrogens with zero attached hydrogens (tertiary/aromatic N) is 4. The summed E-state index contributed by atoms with van der Waals surface area (Å²) in [4.78, 5) is 13.6. The lowest BCUT2D eigenvalue weighted by atomic mass is 10.0. The van der Waals surface area contributed by atoms with Crippen LogP contribution in [-0.2, 0) is 0 Å². The first-order valence-corrected chi connectivity index (χ1v) is 9.16. The van der Waals surface area contributed by atoms with Crippen LogP contribution in [0.5, 0.6) is 0 Å². The van der Waals surface area contributed by atoms with Gasteiger partial charge in [-0.25, -0.2) is 18.7 Å². The lowest BCUT2D eigenvalue weighted by molar-refractivity contribution is 0.627. The fourth-order valence-corrected chi connectivity index (χ4v) is 3.59. The summed E-state index contributed by atoms with van der Waals surface area (Å²) in [5, 5.41) is 9.19. The van der Waals surface area contributed by atoms with Gasteiger partial charge in [0.25, 0.3) is 0 Å². The molecule has 1 aliphatic rings. The van der Waals surface area contributed by atoms with Crippen LogP contribution in [0.15, 0.2) is 77.8 Å². The van der Waals surface area contributed by atoms with Crippen molar-refractivity contribution in [1.82, 2.24) is 9.97 Å². The Balaban J connectivity index is 1.83. The predicted octanol–water partition coefficient (Wildman–Crippen LogP) is 5.39. The molecule has 0 saturated heterocycles. The van der Waals surface area contributed by atoms with Gasteiger partial charge in [-0.1, -0.05) is 24.3 Å². The third-order valence-electron chi connectivity index (χ3n) is 4.95. The van der Waals surface area contributed by atoms with Crippen LogP contribution in [-0.4, -0.2) is 15.7 Å². The summed E-state index contributed by atoms with van der Waals surface area (Å²) in [7, 11) is 0. The van der Waals surface area contributed by atoms with Crippen molar-refractivity contribution in [2.45, 2.75) is 0 Å². The molecule has 142 valence electrons. The fourth-order valence-electron chi connectivity index (χ4n) is 3.59. The summed E-state index contributed by atoms with van der Waals surface area (Å²) in [6.07, 6.45) is 1.84. The van der Waals surface area contributed by atoms with Gasteiger partial charge in [0.15, 0.2) is 0 Å². The molecule has 30 heavy (non-hydrogen) atoms. The van der Waals surface area contributed by atoms with Crippen LogP contribution >= 0.6 is 0 Å². The van der Waals surface area contributed by atoms with E-state index in [1.807, 2.05) is 30.5 Å². The molecule has 0 aliphatic heterocycles. The molecule has 0 saturated carbocycles. The van der Waals surface area contributed by atoms with Crippen molar-refractivity contribution in [2.75, 3.05) is 0 Å². The standard InChI is InChI=1S/C24H12F2N4/c25-16-9-5-14(6-10-16)20-21(15-7-11-17(26)12-8-15)30-24-22(28-13-27)18-3-1-2-4-19(18)23(24)29-20/h1-12H/b28-22+. The van der Waals surface area contributed by atoms with Gasteiger partial charge in [-0.15, -0.1) is 0 Å². The monoisotopic (exact) mass is 394 g/mol. The summed E-state index contributed by atoms with van der Waals surface area (Å²) >= 11 is 0. The molecule has 1 heterocycles. The molecule has 4 nitrogen and oxygen atoms in total. The zero-order valence-electron chi connectivity index (χ0n) is 15.5. The van der Waals surface area contributed by atoms with Gasteiger partial charge in [0.2, 0.25) is 6.19 Å². The van der Waals surface area contributed by atoms with Gasteiger partial charge in [-0.05, 0) is 48.5 Å². The molecule has 0 atom stereocenters. The van der Waals surface area contributed by atoms with Crippen molar-refractivity contribution in [3.8, 4) is 40.0 Å². The van der Waals surface area contributed by atoms with Gasteiger partial charge in [0.1, 0.15) is 23.0 Å².